The van der Waals surface area contributed by atoms with Gasteiger partial charge in [0.2, 0.25) is 5.91 Å². The van der Waals surface area contributed by atoms with Gasteiger partial charge in [-0.2, -0.15) is 0 Å². The summed E-state index contributed by atoms with van der Waals surface area (Å²) in [5.74, 6) is 0.860. The average molecular weight is 424 g/mol. The van der Waals surface area contributed by atoms with E-state index < -0.39 is 18.2 Å². The number of allylic oxidation sites excluding steroid dienone is 1. The first kappa shape index (κ1) is 21.9. The summed E-state index contributed by atoms with van der Waals surface area (Å²) in [4.78, 5) is 37.2. The number of carbonyl (C=O) groups excluding carboxylic acids is 3. The Labute approximate surface area is 180 Å². The number of ether oxygens (including phenoxy) is 3. The van der Waals surface area contributed by atoms with Crippen molar-refractivity contribution in [2.75, 3.05) is 14.2 Å². The van der Waals surface area contributed by atoms with E-state index in [2.05, 4.69) is 5.32 Å². The summed E-state index contributed by atoms with van der Waals surface area (Å²) < 4.78 is 15.7. The van der Waals surface area contributed by atoms with Crippen molar-refractivity contribution < 1.29 is 28.6 Å². The lowest BCUT2D eigenvalue weighted by molar-refractivity contribution is -0.149. The van der Waals surface area contributed by atoms with Gasteiger partial charge in [0.05, 0.1) is 20.3 Å². The van der Waals surface area contributed by atoms with Gasteiger partial charge in [0.25, 0.3) is 0 Å². The van der Waals surface area contributed by atoms with Gasteiger partial charge in [0, 0.05) is 6.54 Å². The number of carbonyl (C=O) groups is 3. The molecule has 2 amide bonds. The predicted molar refractivity (Wildman–Crippen MR) is 113 cm³/mol. The summed E-state index contributed by atoms with van der Waals surface area (Å²) in [6.07, 6.45) is 2.82. The predicted octanol–water partition coefficient (Wildman–Crippen LogP) is 2.46. The molecule has 0 unspecified atom stereocenters. The largest absolute Gasteiger partial charge is 0.493 e. The molecular weight excluding hydrogens is 400 g/mol. The van der Waals surface area contributed by atoms with Crippen molar-refractivity contribution in [1.82, 2.24) is 10.2 Å². The fraction of sp³-hybridized carbons (Fsp3) is 0.261. The third-order valence-electron chi connectivity index (χ3n) is 4.92. The van der Waals surface area contributed by atoms with Crippen molar-refractivity contribution in [2.24, 2.45) is 0 Å². The fourth-order valence-electron chi connectivity index (χ4n) is 3.34. The number of hydrogen-bond donors (Lipinski definition) is 1. The van der Waals surface area contributed by atoms with Crippen molar-refractivity contribution in [3.63, 3.8) is 0 Å². The van der Waals surface area contributed by atoms with E-state index in [1.165, 1.54) is 13.2 Å². The molecule has 2 aromatic carbocycles. The number of benzene rings is 2. The van der Waals surface area contributed by atoms with Crippen LogP contribution in [-0.4, -0.2) is 49.5 Å². The van der Waals surface area contributed by atoms with E-state index in [9.17, 15) is 14.4 Å². The minimum Gasteiger partial charge on any atom is -0.493 e. The number of amides is 2. The second-order valence-electron chi connectivity index (χ2n) is 6.85. The molecule has 0 spiro atoms. The molecule has 1 aliphatic rings. The number of β-lactam (4-membered cyclic amide) rings is 1. The van der Waals surface area contributed by atoms with Crippen LogP contribution in [0.5, 0.6) is 11.5 Å². The van der Waals surface area contributed by atoms with Crippen LogP contribution >= 0.6 is 0 Å². The summed E-state index contributed by atoms with van der Waals surface area (Å²) in [7, 11) is 3.08. The van der Waals surface area contributed by atoms with Gasteiger partial charge in [-0.3, -0.25) is 9.59 Å². The van der Waals surface area contributed by atoms with E-state index in [-0.39, 0.29) is 19.1 Å². The maximum Gasteiger partial charge on any atom is 0.408 e. The molecule has 1 saturated heterocycles. The zero-order valence-corrected chi connectivity index (χ0v) is 17.3. The van der Waals surface area contributed by atoms with Crippen molar-refractivity contribution in [2.45, 2.75) is 25.2 Å². The summed E-state index contributed by atoms with van der Waals surface area (Å²) in [6, 6.07) is 13.3. The number of alkyl carbamates (subject to hydrolysis) is 1. The maximum atomic E-state index is 12.7. The van der Waals surface area contributed by atoms with Crippen LogP contribution in [-0.2, 0) is 27.5 Å². The third kappa shape index (κ3) is 5.22. The summed E-state index contributed by atoms with van der Waals surface area (Å²) in [5.41, 5.74) is 1.66. The smallest absolute Gasteiger partial charge is 0.408 e. The van der Waals surface area contributed by atoms with Gasteiger partial charge in [0.1, 0.15) is 18.9 Å². The molecule has 1 aliphatic heterocycles. The normalized spacial score (nSPS) is 17.7. The standard InChI is InChI=1S/C23H24N2O6/c1-29-19-11-10-17(13-20(19)30-2)14-25-18(9-6-12-26)21(22(25)27)24-23(28)31-15-16-7-4-3-5-8-16/h3-13,18,21H,14-15H2,1-2H3,(H,24,28)/b9-6+/t18-,21+/m1/s1. The second kappa shape index (κ2) is 10.3. The molecule has 8 nitrogen and oxygen atoms in total. The fourth-order valence-corrected chi connectivity index (χ4v) is 3.34. The molecule has 3 rings (SSSR count). The van der Waals surface area contributed by atoms with Crippen LogP contribution in [0.1, 0.15) is 11.1 Å². The second-order valence-corrected chi connectivity index (χ2v) is 6.85. The summed E-state index contributed by atoms with van der Waals surface area (Å²) in [6.45, 7) is 0.377. The highest BCUT2D eigenvalue weighted by atomic mass is 16.5. The molecule has 0 aliphatic carbocycles. The maximum absolute atomic E-state index is 12.7. The van der Waals surface area contributed by atoms with Gasteiger partial charge >= 0.3 is 6.09 Å². The molecule has 1 heterocycles. The van der Waals surface area contributed by atoms with Crippen molar-refractivity contribution in [3.05, 3.63) is 71.8 Å². The van der Waals surface area contributed by atoms with Crippen LogP contribution < -0.4 is 14.8 Å². The van der Waals surface area contributed by atoms with E-state index in [1.54, 1.807) is 30.2 Å². The first-order valence-electron chi connectivity index (χ1n) is 9.68. The van der Waals surface area contributed by atoms with E-state index in [0.29, 0.717) is 17.8 Å². The minimum absolute atomic E-state index is 0.0950. The molecule has 2 atom stereocenters. The van der Waals surface area contributed by atoms with Crippen LogP contribution in [0, 0.1) is 0 Å². The van der Waals surface area contributed by atoms with Crippen molar-refractivity contribution in [1.29, 1.82) is 0 Å². The van der Waals surface area contributed by atoms with E-state index >= 15 is 0 Å². The highest BCUT2D eigenvalue weighted by Crippen LogP contribution is 2.30. The summed E-state index contributed by atoms with van der Waals surface area (Å²) >= 11 is 0. The lowest BCUT2D eigenvalue weighted by atomic mass is 9.93. The van der Waals surface area contributed by atoms with Gasteiger partial charge in [-0.15, -0.1) is 0 Å². The number of nitrogens with one attached hydrogen (secondary N) is 1. The Balaban J connectivity index is 1.65. The van der Waals surface area contributed by atoms with Gasteiger partial charge in [-0.05, 0) is 29.3 Å². The van der Waals surface area contributed by atoms with Gasteiger partial charge < -0.3 is 24.4 Å². The Morgan fingerprint density at radius 3 is 2.48 bits per heavy atom. The number of nitrogens with zero attached hydrogens (tertiary/aromatic N) is 1. The molecule has 0 aromatic heterocycles. The Hall–Kier alpha value is -3.81. The molecule has 1 N–H and O–H groups in total. The lowest BCUT2D eigenvalue weighted by Gasteiger charge is -2.45. The zero-order valence-electron chi connectivity index (χ0n) is 17.3. The van der Waals surface area contributed by atoms with E-state index in [0.717, 1.165) is 11.1 Å². The van der Waals surface area contributed by atoms with Gasteiger partial charge in [0.15, 0.2) is 11.5 Å². The minimum atomic E-state index is -0.806. The SMILES string of the molecule is COc1ccc(CN2C(=O)[C@@H](NC(=O)OCc3ccccc3)[C@H]2/C=C/C=O)cc1OC. The number of methoxy groups -OCH3 is 2. The number of rotatable bonds is 9. The quantitative estimate of drug-likeness (QED) is 0.378. The summed E-state index contributed by atoms with van der Waals surface area (Å²) in [5, 5.41) is 2.59. The van der Waals surface area contributed by atoms with Crippen LogP contribution in [0.25, 0.3) is 0 Å². The van der Waals surface area contributed by atoms with Crippen molar-refractivity contribution in [3.8, 4) is 11.5 Å². The topological polar surface area (TPSA) is 94.2 Å². The van der Waals surface area contributed by atoms with Gasteiger partial charge in [-0.25, -0.2) is 4.79 Å². The van der Waals surface area contributed by atoms with E-state index in [4.69, 9.17) is 14.2 Å². The third-order valence-corrected chi connectivity index (χ3v) is 4.92. The average Bonchev–Trinajstić information content (AvgIpc) is 2.81. The monoisotopic (exact) mass is 424 g/mol. The number of hydrogen-bond acceptors (Lipinski definition) is 6. The first-order valence-corrected chi connectivity index (χ1v) is 9.68. The molecule has 2 aromatic rings. The lowest BCUT2D eigenvalue weighted by Crippen LogP contribution is -2.69. The molecule has 8 heteroatoms. The van der Waals surface area contributed by atoms with Crippen LogP contribution in [0.2, 0.25) is 0 Å². The molecule has 31 heavy (non-hydrogen) atoms. The Bertz CT molecular complexity index is 960. The Kier molecular flexibility index (Phi) is 7.26. The highest BCUT2D eigenvalue weighted by Gasteiger charge is 2.46. The number of aldehydes is 1. The molecule has 0 radical (unpaired) electrons. The number of likely N-dealkylation sites (tertiary alicyclic amines) is 1. The zero-order chi connectivity index (χ0) is 22.2. The van der Waals surface area contributed by atoms with Crippen molar-refractivity contribution >= 4 is 18.3 Å². The molecular formula is C23H24N2O6. The molecule has 162 valence electrons. The highest BCUT2D eigenvalue weighted by molar-refractivity contribution is 5.93. The van der Waals surface area contributed by atoms with Gasteiger partial charge in [-0.1, -0.05) is 42.5 Å². The molecule has 0 saturated carbocycles. The molecule has 0 bridgehead atoms. The Morgan fingerprint density at radius 1 is 1.06 bits per heavy atom. The van der Waals surface area contributed by atoms with Crippen LogP contribution in [0.3, 0.4) is 0 Å². The first-order chi connectivity index (χ1) is 15.1. The Morgan fingerprint density at radius 2 is 1.81 bits per heavy atom. The van der Waals surface area contributed by atoms with Crippen LogP contribution in [0.15, 0.2) is 60.7 Å². The molecule has 1 fully saturated rings. The van der Waals surface area contributed by atoms with E-state index in [1.807, 2.05) is 36.4 Å². The van der Waals surface area contributed by atoms with Crippen LogP contribution in [0.4, 0.5) is 4.79 Å².